The van der Waals surface area contributed by atoms with Gasteiger partial charge in [0.1, 0.15) is 6.10 Å². The second-order valence-corrected chi connectivity index (χ2v) is 14.7. The highest BCUT2D eigenvalue weighted by Crippen LogP contribution is 2.10. The lowest BCUT2D eigenvalue weighted by Crippen LogP contribution is -2.27. The van der Waals surface area contributed by atoms with Crippen molar-refractivity contribution in [2.75, 3.05) is 19.8 Å². The minimum Gasteiger partial charge on any atom is -0.457 e. The third-order valence-electron chi connectivity index (χ3n) is 9.16. The molecule has 0 saturated heterocycles. The van der Waals surface area contributed by atoms with Crippen molar-refractivity contribution in [3.63, 3.8) is 0 Å². The van der Waals surface area contributed by atoms with Crippen LogP contribution in [0.4, 0.5) is 0 Å². The van der Waals surface area contributed by atoms with E-state index in [9.17, 15) is 9.90 Å². The van der Waals surface area contributed by atoms with Crippen molar-refractivity contribution in [1.82, 2.24) is 0 Å². The van der Waals surface area contributed by atoms with Gasteiger partial charge in [0.15, 0.2) is 0 Å². The molecule has 4 nitrogen and oxygen atoms in total. The highest BCUT2D eigenvalue weighted by atomic mass is 16.6. The van der Waals surface area contributed by atoms with Crippen LogP contribution < -0.4 is 0 Å². The van der Waals surface area contributed by atoms with Gasteiger partial charge in [-0.3, -0.25) is 4.79 Å². The summed E-state index contributed by atoms with van der Waals surface area (Å²) in [6.45, 7) is 5.02. The Labute approximate surface area is 363 Å². The van der Waals surface area contributed by atoms with Crippen molar-refractivity contribution in [3.05, 3.63) is 146 Å². The van der Waals surface area contributed by atoms with Crippen LogP contribution in [-0.4, -0.2) is 37.0 Å². The molecule has 0 aliphatic rings. The van der Waals surface area contributed by atoms with E-state index in [2.05, 4.69) is 160 Å². The van der Waals surface area contributed by atoms with Gasteiger partial charge in [0, 0.05) is 13.0 Å². The molecule has 0 rings (SSSR count). The zero-order valence-corrected chi connectivity index (χ0v) is 37.7. The van der Waals surface area contributed by atoms with Crippen molar-refractivity contribution < 1.29 is 19.4 Å². The van der Waals surface area contributed by atoms with E-state index in [-0.39, 0.29) is 19.2 Å². The molecule has 4 heteroatoms. The number of unbranched alkanes of at least 4 members (excludes halogenated alkanes) is 9. The first kappa shape index (κ1) is 55.3. The van der Waals surface area contributed by atoms with E-state index in [1.165, 1.54) is 38.5 Å². The molecule has 1 unspecified atom stereocenters. The number of carbonyl (C=O) groups excluding carboxylic acids is 1. The number of esters is 1. The Hall–Kier alpha value is -3.73. The van der Waals surface area contributed by atoms with E-state index in [0.717, 1.165) is 109 Å². The summed E-state index contributed by atoms with van der Waals surface area (Å²) < 4.78 is 11.1. The first-order chi connectivity index (χ1) is 29.2. The van der Waals surface area contributed by atoms with Crippen molar-refractivity contribution in [2.24, 2.45) is 0 Å². The number of hydrogen-bond donors (Lipinski definition) is 1. The van der Waals surface area contributed by atoms with E-state index in [1.54, 1.807) is 0 Å². The largest absolute Gasteiger partial charge is 0.457 e. The molecule has 0 spiro atoms. The smallest absolute Gasteiger partial charge is 0.306 e. The number of carbonyl (C=O) groups is 1. The molecule has 0 aliphatic heterocycles. The zero-order chi connectivity index (χ0) is 42.6. The summed E-state index contributed by atoms with van der Waals surface area (Å²) in [6.07, 6.45) is 77.7. The third-order valence-corrected chi connectivity index (χ3v) is 9.16. The van der Waals surface area contributed by atoms with Crippen LogP contribution in [0.3, 0.4) is 0 Å². The maximum atomic E-state index is 12.2. The Morgan fingerprint density at radius 3 is 1.07 bits per heavy atom. The van der Waals surface area contributed by atoms with Gasteiger partial charge >= 0.3 is 5.97 Å². The average Bonchev–Trinajstić information content (AvgIpc) is 3.24. The van der Waals surface area contributed by atoms with Crippen molar-refractivity contribution in [3.8, 4) is 0 Å². The van der Waals surface area contributed by atoms with Crippen molar-refractivity contribution in [1.29, 1.82) is 0 Å². The van der Waals surface area contributed by atoms with E-state index in [4.69, 9.17) is 9.47 Å². The monoisotopic (exact) mass is 811 g/mol. The van der Waals surface area contributed by atoms with E-state index < -0.39 is 6.10 Å². The average molecular weight is 811 g/mol. The summed E-state index contributed by atoms with van der Waals surface area (Å²) in [6, 6.07) is 0. The number of rotatable bonds is 41. The summed E-state index contributed by atoms with van der Waals surface area (Å²) in [7, 11) is 0. The molecule has 1 atom stereocenters. The number of aliphatic hydroxyl groups is 1. The van der Waals surface area contributed by atoms with Crippen LogP contribution in [0.15, 0.2) is 146 Å². The van der Waals surface area contributed by atoms with Crippen LogP contribution in [0.25, 0.3) is 0 Å². The van der Waals surface area contributed by atoms with Gasteiger partial charge < -0.3 is 14.6 Å². The fraction of sp³-hybridized carbons (Fsp3) is 0.545. The highest BCUT2D eigenvalue weighted by Gasteiger charge is 2.13. The second kappa shape index (κ2) is 50.4. The molecule has 0 aromatic rings. The Bertz CT molecular complexity index is 1270. The Balaban J connectivity index is 3.61. The van der Waals surface area contributed by atoms with Crippen molar-refractivity contribution in [2.45, 2.75) is 174 Å². The Morgan fingerprint density at radius 2 is 0.712 bits per heavy atom. The third kappa shape index (κ3) is 48.5. The van der Waals surface area contributed by atoms with Gasteiger partial charge in [0.2, 0.25) is 0 Å². The quantitative estimate of drug-likeness (QED) is 0.0380. The summed E-state index contributed by atoms with van der Waals surface area (Å²) >= 11 is 0. The fourth-order valence-corrected chi connectivity index (χ4v) is 5.74. The van der Waals surface area contributed by atoms with Crippen LogP contribution >= 0.6 is 0 Å². The minimum atomic E-state index is -0.577. The normalized spacial score (nSPS) is 13.7. The zero-order valence-electron chi connectivity index (χ0n) is 37.7. The summed E-state index contributed by atoms with van der Waals surface area (Å²) in [5.41, 5.74) is 0. The van der Waals surface area contributed by atoms with Gasteiger partial charge in [-0.1, -0.05) is 192 Å². The Morgan fingerprint density at radius 1 is 0.407 bits per heavy atom. The lowest BCUT2D eigenvalue weighted by molar-refractivity contribution is -0.154. The molecule has 0 heterocycles. The Kier molecular flexibility index (Phi) is 47.2. The molecule has 0 radical (unpaired) electrons. The minimum absolute atomic E-state index is 0.206. The predicted octanol–water partition coefficient (Wildman–Crippen LogP) is 16.0. The molecule has 0 bridgehead atoms. The molecule has 1 N–H and O–H groups in total. The maximum absolute atomic E-state index is 12.2. The summed E-state index contributed by atoms with van der Waals surface area (Å²) in [5.74, 6) is -0.253. The molecule has 0 amide bonds. The first-order valence-corrected chi connectivity index (χ1v) is 23.4. The number of allylic oxidation sites excluding steroid dienone is 24. The fourth-order valence-electron chi connectivity index (χ4n) is 5.74. The van der Waals surface area contributed by atoms with Gasteiger partial charge in [0.25, 0.3) is 0 Å². The predicted molar refractivity (Wildman–Crippen MR) is 260 cm³/mol. The van der Waals surface area contributed by atoms with Crippen molar-refractivity contribution >= 4 is 5.97 Å². The number of aliphatic hydroxyl groups excluding tert-OH is 1. The molecule has 0 aliphatic carbocycles. The van der Waals surface area contributed by atoms with Crippen LogP contribution in [-0.2, 0) is 14.3 Å². The molecule has 59 heavy (non-hydrogen) atoms. The summed E-state index contributed by atoms with van der Waals surface area (Å²) in [4.78, 5) is 12.2. The molecule has 0 fully saturated rings. The lowest BCUT2D eigenvalue weighted by Gasteiger charge is -2.15. The van der Waals surface area contributed by atoms with E-state index >= 15 is 0 Å². The maximum Gasteiger partial charge on any atom is 0.306 e. The highest BCUT2D eigenvalue weighted by molar-refractivity contribution is 5.69. The summed E-state index contributed by atoms with van der Waals surface area (Å²) in [5, 5.41) is 9.63. The van der Waals surface area contributed by atoms with Gasteiger partial charge in [-0.2, -0.15) is 0 Å². The molecular weight excluding hydrogens is 725 g/mol. The van der Waals surface area contributed by atoms with Gasteiger partial charge in [-0.25, -0.2) is 0 Å². The lowest BCUT2D eigenvalue weighted by atomic mass is 10.1. The van der Waals surface area contributed by atoms with Crippen LogP contribution in [0.5, 0.6) is 0 Å². The second-order valence-electron chi connectivity index (χ2n) is 14.7. The van der Waals surface area contributed by atoms with Crippen LogP contribution in [0.1, 0.15) is 168 Å². The molecule has 0 saturated carbocycles. The van der Waals surface area contributed by atoms with E-state index in [0.29, 0.717) is 13.0 Å². The van der Waals surface area contributed by atoms with Gasteiger partial charge in [0.05, 0.1) is 13.2 Å². The molecule has 330 valence electrons. The number of ether oxygens (including phenoxy) is 2. The van der Waals surface area contributed by atoms with E-state index in [1.807, 2.05) is 0 Å². The van der Waals surface area contributed by atoms with Crippen LogP contribution in [0.2, 0.25) is 0 Å². The topological polar surface area (TPSA) is 55.8 Å². The van der Waals surface area contributed by atoms with Crippen LogP contribution in [0, 0.1) is 0 Å². The molecule has 0 aromatic heterocycles. The van der Waals surface area contributed by atoms with Gasteiger partial charge in [-0.05, 0) is 116 Å². The standard InChI is InChI=1S/C55H86O4/c1-3-5-7-9-11-13-15-17-19-21-23-25-26-27-28-29-31-33-35-37-39-41-43-45-47-49-51-58-53-54(52-56)59-55(57)50-48-46-44-42-40-38-36-34-32-30-24-22-20-18-16-14-12-10-8-6-4-2/h5-8,11-14,17-20,23-25,27-28,30-31,33-34,36,40,42,54,56H,3-4,9-10,15-16,21-22,26,29,32,35,37-39,41,43-53H2,1-2H3/b7-5-,8-6-,13-11-,14-12-,19-17-,20-18-,25-23-,28-27-,30-24-,33-31-,36-34-,42-40-. The SMILES string of the molecule is CC/C=C\C/C=C\C/C=C\C/C=C\C/C=C\C/C=C\CCCCCCCCCOCC(CO)OC(=O)CCCC/C=C\C/C=C\C/C=C\C/C=C\C/C=C\C/C=C\CC. The first-order valence-electron chi connectivity index (χ1n) is 23.4. The molecule has 0 aromatic carbocycles. The molecular formula is C55H86O4. The van der Waals surface area contributed by atoms with Gasteiger partial charge in [-0.15, -0.1) is 0 Å². The number of hydrogen-bond acceptors (Lipinski definition) is 4.